The summed E-state index contributed by atoms with van der Waals surface area (Å²) in [5, 5.41) is 6.85. The van der Waals surface area contributed by atoms with E-state index >= 15 is 0 Å². The number of amides is 2. The molecule has 3 rings (SSSR count). The third-order valence-electron chi connectivity index (χ3n) is 3.86. The second kappa shape index (κ2) is 9.11. The minimum atomic E-state index is -0.572. The van der Waals surface area contributed by atoms with E-state index in [0.717, 1.165) is 4.88 Å². The van der Waals surface area contributed by atoms with E-state index in [2.05, 4.69) is 15.6 Å². The van der Waals surface area contributed by atoms with Gasteiger partial charge in [0.2, 0.25) is 5.91 Å². The Hall–Kier alpha value is -3.53. The van der Waals surface area contributed by atoms with E-state index in [0.29, 0.717) is 0 Å². The molecule has 0 bridgehead atoms. The van der Waals surface area contributed by atoms with Crippen molar-refractivity contribution in [1.29, 1.82) is 0 Å². The highest BCUT2D eigenvalue weighted by Crippen LogP contribution is 2.11. The molecule has 3 aromatic rings. The van der Waals surface area contributed by atoms with Gasteiger partial charge < -0.3 is 15.4 Å². The lowest BCUT2D eigenvalue weighted by molar-refractivity contribution is -0.141. The summed E-state index contributed by atoms with van der Waals surface area (Å²) >= 11 is 1.45. The van der Waals surface area contributed by atoms with Crippen molar-refractivity contribution in [2.45, 2.75) is 13.3 Å². The topological polar surface area (TPSA) is 119 Å². The largest absolute Gasteiger partial charge is 0.465 e. The highest BCUT2D eigenvalue weighted by atomic mass is 32.1. The van der Waals surface area contributed by atoms with Gasteiger partial charge in [-0.3, -0.25) is 23.6 Å². The van der Waals surface area contributed by atoms with Gasteiger partial charge in [0.05, 0.1) is 24.8 Å². The lowest BCUT2D eigenvalue weighted by Gasteiger charge is -2.09. The van der Waals surface area contributed by atoms with E-state index in [4.69, 9.17) is 4.74 Å². The summed E-state index contributed by atoms with van der Waals surface area (Å²) in [5.74, 6) is -1.48. The smallest absolute Gasteiger partial charge is 0.325 e. The second-order valence-electron chi connectivity index (χ2n) is 5.88. The van der Waals surface area contributed by atoms with Crippen LogP contribution >= 0.6 is 11.3 Å². The van der Waals surface area contributed by atoms with Crippen LogP contribution in [0.25, 0.3) is 5.65 Å². The molecular weight excluding hydrogens is 396 g/mol. The van der Waals surface area contributed by atoms with Gasteiger partial charge in [0.1, 0.15) is 12.2 Å². The molecule has 3 aromatic heterocycles. The molecule has 2 N–H and O–H groups in total. The minimum Gasteiger partial charge on any atom is -0.465 e. The molecule has 3 heterocycles. The molecule has 0 aromatic carbocycles. The zero-order valence-electron chi connectivity index (χ0n) is 15.5. The molecule has 0 atom stereocenters. The number of hydrogen-bond acceptors (Lipinski definition) is 7. The number of nitrogens with one attached hydrogen (secondary N) is 2. The first-order chi connectivity index (χ1) is 14.0. The molecule has 0 unspecified atom stereocenters. The van der Waals surface area contributed by atoms with Crippen LogP contribution in [0.4, 0.5) is 5.69 Å². The molecule has 0 saturated heterocycles. The van der Waals surface area contributed by atoms with Crippen LogP contribution in [0.2, 0.25) is 0 Å². The maximum atomic E-state index is 12.7. The molecule has 150 valence electrons. The number of pyridine rings is 1. The first kappa shape index (κ1) is 20.2. The maximum absolute atomic E-state index is 12.7. The van der Waals surface area contributed by atoms with Crippen LogP contribution in [0.15, 0.2) is 46.8 Å². The first-order valence-corrected chi connectivity index (χ1v) is 9.64. The summed E-state index contributed by atoms with van der Waals surface area (Å²) in [6.07, 6.45) is 2.81. The van der Waals surface area contributed by atoms with Crippen molar-refractivity contribution in [2.75, 3.05) is 18.5 Å². The fourth-order valence-corrected chi connectivity index (χ4v) is 3.30. The molecule has 0 fully saturated rings. The minimum absolute atomic E-state index is 0.00754. The Balaban J connectivity index is 1.80. The van der Waals surface area contributed by atoms with Gasteiger partial charge in [-0.1, -0.05) is 6.07 Å². The van der Waals surface area contributed by atoms with Crippen molar-refractivity contribution < 1.29 is 19.1 Å². The van der Waals surface area contributed by atoms with E-state index in [1.54, 1.807) is 6.92 Å². The number of hydrogen-bond donors (Lipinski definition) is 2. The normalized spacial score (nSPS) is 10.5. The number of ether oxygens (including phenoxy) is 1. The number of carbonyl (C=O) groups is 3. The highest BCUT2D eigenvalue weighted by molar-refractivity contribution is 7.10. The second-order valence-corrected chi connectivity index (χ2v) is 6.92. The molecule has 9 nitrogen and oxygen atoms in total. The van der Waals surface area contributed by atoms with Gasteiger partial charge >= 0.3 is 5.97 Å². The van der Waals surface area contributed by atoms with Crippen molar-refractivity contribution in [3.05, 3.63) is 62.8 Å². The molecule has 0 saturated carbocycles. The maximum Gasteiger partial charge on any atom is 0.325 e. The van der Waals surface area contributed by atoms with Gasteiger partial charge in [0, 0.05) is 11.1 Å². The number of rotatable bonds is 7. The molecule has 0 aliphatic carbocycles. The van der Waals surface area contributed by atoms with Crippen molar-refractivity contribution >= 4 is 40.5 Å². The summed E-state index contributed by atoms with van der Waals surface area (Å²) in [7, 11) is 0. The van der Waals surface area contributed by atoms with Crippen LogP contribution < -0.4 is 16.2 Å². The summed E-state index contributed by atoms with van der Waals surface area (Å²) in [6.45, 7) is 1.58. The van der Waals surface area contributed by atoms with Gasteiger partial charge in [-0.15, -0.1) is 11.3 Å². The average molecular weight is 414 g/mol. The Morgan fingerprint density at radius 2 is 2.07 bits per heavy atom. The van der Waals surface area contributed by atoms with Crippen molar-refractivity contribution in [1.82, 2.24) is 14.7 Å². The van der Waals surface area contributed by atoms with Gasteiger partial charge in [-0.2, -0.15) is 0 Å². The molecule has 10 heteroatoms. The zero-order chi connectivity index (χ0) is 20.8. The zero-order valence-corrected chi connectivity index (χ0v) is 16.3. The Kier molecular flexibility index (Phi) is 6.35. The van der Waals surface area contributed by atoms with Crippen LogP contribution in [0.3, 0.4) is 0 Å². The number of nitrogens with zero attached hydrogens (tertiary/aromatic N) is 2. The predicted molar refractivity (Wildman–Crippen MR) is 107 cm³/mol. The Labute approximate surface area is 169 Å². The molecule has 0 spiro atoms. The van der Waals surface area contributed by atoms with E-state index in [-0.39, 0.29) is 42.4 Å². The number of esters is 1. The molecule has 0 radical (unpaired) electrons. The van der Waals surface area contributed by atoms with Crippen molar-refractivity contribution in [2.24, 2.45) is 0 Å². The van der Waals surface area contributed by atoms with E-state index in [1.165, 1.54) is 40.3 Å². The number of carbonyl (C=O) groups excluding carboxylic acids is 3. The van der Waals surface area contributed by atoms with E-state index in [1.807, 2.05) is 17.5 Å². The molecule has 0 aliphatic rings. The summed E-state index contributed by atoms with van der Waals surface area (Å²) < 4.78 is 5.93. The van der Waals surface area contributed by atoms with Crippen molar-refractivity contribution in [3.8, 4) is 0 Å². The summed E-state index contributed by atoms with van der Waals surface area (Å²) in [4.78, 5) is 53.7. The molecule has 29 heavy (non-hydrogen) atoms. The van der Waals surface area contributed by atoms with Crippen molar-refractivity contribution in [3.63, 3.8) is 0 Å². The van der Waals surface area contributed by atoms with Crippen LogP contribution in [-0.4, -0.2) is 40.3 Å². The highest BCUT2D eigenvalue weighted by Gasteiger charge is 2.16. The lowest BCUT2D eigenvalue weighted by Crippen LogP contribution is -2.32. The number of thiophene rings is 1. The summed E-state index contributed by atoms with van der Waals surface area (Å²) in [5.41, 5.74) is -0.289. The van der Waals surface area contributed by atoms with Crippen LogP contribution in [0, 0.1) is 0 Å². The van der Waals surface area contributed by atoms with E-state index < -0.39 is 17.4 Å². The first-order valence-electron chi connectivity index (χ1n) is 8.76. The average Bonchev–Trinajstić information content (AvgIpc) is 3.21. The molecular formula is C19H18N4O5S. The molecule has 2 amide bonds. The summed E-state index contributed by atoms with van der Waals surface area (Å²) in [6, 6.07) is 6.66. The Morgan fingerprint density at radius 3 is 2.79 bits per heavy atom. The fraction of sp³-hybridized carbons (Fsp3) is 0.211. The monoisotopic (exact) mass is 414 g/mol. The van der Waals surface area contributed by atoms with Crippen LogP contribution in [0.1, 0.15) is 22.2 Å². The third kappa shape index (κ3) is 4.85. The standard InChI is InChI=1S/C19H18N4O5S/c1-2-28-16(25)11-21-18(26)13-6-3-7-23-17(13)20-10-14(19(23)27)22-15(24)9-12-5-4-8-29-12/h3-8,10H,2,9,11H2,1H3,(H,21,26)(H,22,24). The number of anilines is 1. The third-order valence-corrected chi connectivity index (χ3v) is 4.74. The van der Waals surface area contributed by atoms with E-state index in [9.17, 15) is 19.2 Å². The van der Waals surface area contributed by atoms with Crippen LogP contribution in [0.5, 0.6) is 0 Å². The lowest BCUT2D eigenvalue weighted by atomic mass is 10.2. The fourth-order valence-electron chi connectivity index (χ4n) is 2.60. The predicted octanol–water partition coefficient (Wildman–Crippen LogP) is 1.23. The van der Waals surface area contributed by atoms with Gasteiger partial charge in [-0.05, 0) is 30.5 Å². The van der Waals surface area contributed by atoms with Gasteiger partial charge in [-0.25, -0.2) is 4.98 Å². The number of fused-ring (bicyclic) bond motifs is 1. The van der Waals surface area contributed by atoms with Gasteiger partial charge in [0.15, 0.2) is 5.65 Å². The SMILES string of the molecule is CCOC(=O)CNC(=O)c1cccn2c(=O)c(NC(=O)Cc3cccs3)cnc12. The van der Waals surface area contributed by atoms with Gasteiger partial charge in [0.25, 0.3) is 11.5 Å². The van der Waals surface area contributed by atoms with Crippen LogP contribution in [-0.2, 0) is 20.7 Å². The quantitative estimate of drug-likeness (QED) is 0.562. The Morgan fingerprint density at radius 1 is 1.24 bits per heavy atom. The molecule has 0 aliphatic heterocycles. The number of aromatic nitrogens is 2. The Bertz CT molecular complexity index is 1110.